The summed E-state index contributed by atoms with van der Waals surface area (Å²) < 4.78 is 15.9. The molecule has 2 saturated heterocycles. The van der Waals surface area contributed by atoms with Crippen LogP contribution in [0.4, 0.5) is 4.79 Å². The van der Waals surface area contributed by atoms with Gasteiger partial charge in [-0.3, -0.25) is 4.90 Å². The standard InChI is InChI=1S/C20H29N3O4S/c1-14-13-27-20(24)23(14)16-7-10-22(11-8-16)19(28)21-9-6-15-12-17(25-2)4-5-18(15)26-3/h4-5,12,14,16H,6-11,13H2,1-3H3,(H,21,28). The van der Waals surface area contributed by atoms with Gasteiger partial charge in [0.1, 0.15) is 18.1 Å². The third-order valence-corrected chi connectivity index (χ3v) is 5.84. The Bertz CT molecular complexity index is 707. The summed E-state index contributed by atoms with van der Waals surface area (Å²) in [5, 5.41) is 4.11. The molecule has 0 saturated carbocycles. The fourth-order valence-electron chi connectivity index (χ4n) is 3.88. The minimum Gasteiger partial charge on any atom is -0.497 e. The molecule has 3 rings (SSSR count). The molecule has 1 unspecified atom stereocenters. The Morgan fingerprint density at radius 2 is 2.04 bits per heavy atom. The van der Waals surface area contributed by atoms with E-state index in [1.165, 1.54) is 0 Å². The zero-order valence-electron chi connectivity index (χ0n) is 16.8. The molecule has 0 aliphatic carbocycles. The van der Waals surface area contributed by atoms with E-state index in [2.05, 4.69) is 10.2 Å². The van der Waals surface area contributed by atoms with Crippen LogP contribution < -0.4 is 14.8 Å². The molecule has 1 atom stereocenters. The zero-order chi connectivity index (χ0) is 20.1. The first kappa shape index (κ1) is 20.5. The van der Waals surface area contributed by atoms with Gasteiger partial charge in [0, 0.05) is 25.7 Å². The van der Waals surface area contributed by atoms with Gasteiger partial charge in [-0.15, -0.1) is 0 Å². The molecule has 1 N–H and O–H groups in total. The Labute approximate surface area is 171 Å². The Kier molecular flexibility index (Phi) is 6.83. The number of cyclic esters (lactones) is 1. The van der Waals surface area contributed by atoms with Crippen LogP contribution in [0.3, 0.4) is 0 Å². The molecule has 7 nitrogen and oxygen atoms in total. The number of thiocarbonyl (C=S) groups is 1. The Balaban J connectivity index is 1.46. The maximum atomic E-state index is 11.9. The van der Waals surface area contributed by atoms with Crippen molar-refractivity contribution in [2.75, 3.05) is 40.5 Å². The second-order valence-electron chi connectivity index (χ2n) is 7.21. The second-order valence-corrected chi connectivity index (χ2v) is 7.60. The number of rotatable bonds is 6. The Morgan fingerprint density at radius 3 is 2.64 bits per heavy atom. The molecule has 2 aliphatic rings. The number of nitrogens with zero attached hydrogens (tertiary/aromatic N) is 2. The van der Waals surface area contributed by atoms with E-state index in [9.17, 15) is 4.79 Å². The van der Waals surface area contributed by atoms with Gasteiger partial charge in [0.05, 0.1) is 20.3 Å². The van der Waals surface area contributed by atoms with Gasteiger partial charge >= 0.3 is 6.09 Å². The molecular formula is C20H29N3O4S. The van der Waals surface area contributed by atoms with Crippen LogP contribution in [-0.2, 0) is 11.2 Å². The Hall–Kier alpha value is -2.22. The zero-order valence-corrected chi connectivity index (χ0v) is 17.6. The summed E-state index contributed by atoms with van der Waals surface area (Å²) in [5.74, 6) is 1.66. The number of hydrogen-bond acceptors (Lipinski definition) is 5. The number of piperidine rings is 1. The number of nitrogens with one attached hydrogen (secondary N) is 1. The molecule has 0 radical (unpaired) electrons. The average Bonchev–Trinajstić information content (AvgIpc) is 3.06. The van der Waals surface area contributed by atoms with Gasteiger partial charge in [-0.2, -0.15) is 0 Å². The summed E-state index contributed by atoms with van der Waals surface area (Å²) in [6.07, 6.45) is 2.42. The molecular weight excluding hydrogens is 378 g/mol. The van der Waals surface area contributed by atoms with E-state index in [0.717, 1.165) is 61.1 Å². The predicted octanol–water partition coefficient (Wildman–Crippen LogP) is 2.43. The quantitative estimate of drug-likeness (QED) is 0.727. The molecule has 154 valence electrons. The second kappa shape index (κ2) is 9.32. The average molecular weight is 408 g/mol. The topological polar surface area (TPSA) is 63.3 Å². The van der Waals surface area contributed by atoms with E-state index in [0.29, 0.717) is 6.61 Å². The molecule has 0 bridgehead atoms. The SMILES string of the molecule is COc1ccc(OC)c(CCNC(=S)N2CCC(N3C(=O)OCC3C)CC2)c1. The molecule has 0 aromatic heterocycles. The lowest BCUT2D eigenvalue weighted by Crippen LogP contribution is -2.51. The maximum Gasteiger partial charge on any atom is 0.410 e. The fraction of sp³-hybridized carbons (Fsp3) is 0.600. The highest BCUT2D eigenvalue weighted by atomic mass is 32.1. The van der Waals surface area contributed by atoms with E-state index in [-0.39, 0.29) is 18.2 Å². The van der Waals surface area contributed by atoms with Gasteiger partial charge in [0.2, 0.25) is 0 Å². The molecule has 2 aliphatic heterocycles. The van der Waals surface area contributed by atoms with E-state index in [1.54, 1.807) is 14.2 Å². The summed E-state index contributed by atoms with van der Waals surface area (Å²) >= 11 is 5.57. The number of hydrogen-bond donors (Lipinski definition) is 1. The van der Waals surface area contributed by atoms with Gasteiger partial charge in [-0.05, 0) is 62.2 Å². The number of carbonyl (C=O) groups excluding carboxylic acids is 1. The smallest absolute Gasteiger partial charge is 0.410 e. The third-order valence-electron chi connectivity index (χ3n) is 5.44. The van der Waals surface area contributed by atoms with Crippen molar-refractivity contribution in [2.45, 2.75) is 38.3 Å². The van der Waals surface area contributed by atoms with Crippen LogP contribution in [0.15, 0.2) is 18.2 Å². The van der Waals surface area contributed by atoms with E-state index >= 15 is 0 Å². The third kappa shape index (κ3) is 4.60. The van der Waals surface area contributed by atoms with Crippen molar-refractivity contribution in [3.63, 3.8) is 0 Å². The molecule has 1 amide bonds. The van der Waals surface area contributed by atoms with Gasteiger partial charge in [-0.25, -0.2) is 4.79 Å². The number of ether oxygens (including phenoxy) is 3. The molecule has 1 aromatic carbocycles. The van der Waals surface area contributed by atoms with Crippen molar-refractivity contribution >= 4 is 23.4 Å². The summed E-state index contributed by atoms with van der Waals surface area (Å²) in [6.45, 7) is 4.94. The van der Waals surface area contributed by atoms with Crippen LogP contribution >= 0.6 is 12.2 Å². The monoisotopic (exact) mass is 407 g/mol. The molecule has 8 heteroatoms. The summed E-state index contributed by atoms with van der Waals surface area (Å²) in [6, 6.07) is 6.20. The van der Waals surface area contributed by atoms with Crippen LogP contribution in [0, 0.1) is 0 Å². The molecule has 2 heterocycles. The lowest BCUT2D eigenvalue weighted by molar-refractivity contribution is 0.125. The van der Waals surface area contributed by atoms with Gasteiger partial charge < -0.3 is 24.4 Å². The predicted molar refractivity (Wildman–Crippen MR) is 111 cm³/mol. The minimum absolute atomic E-state index is 0.159. The highest BCUT2D eigenvalue weighted by Gasteiger charge is 2.37. The van der Waals surface area contributed by atoms with Crippen molar-refractivity contribution in [1.29, 1.82) is 0 Å². The van der Waals surface area contributed by atoms with Crippen LogP contribution in [0.25, 0.3) is 0 Å². The summed E-state index contributed by atoms with van der Waals surface area (Å²) in [4.78, 5) is 16.0. The van der Waals surface area contributed by atoms with Crippen molar-refractivity contribution < 1.29 is 19.0 Å². The number of methoxy groups -OCH3 is 2. The van der Waals surface area contributed by atoms with Crippen molar-refractivity contribution in [2.24, 2.45) is 0 Å². The number of likely N-dealkylation sites (tertiary alicyclic amines) is 1. The molecule has 28 heavy (non-hydrogen) atoms. The number of benzene rings is 1. The minimum atomic E-state index is -0.182. The summed E-state index contributed by atoms with van der Waals surface area (Å²) in [5.41, 5.74) is 1.08. The molecule has 2 fully saturated rings. The van der Waals surface area contributed by atoms with Crippen LogP contribution in [0.5, 0.6) is 11.5 Å². The van der Waals surface area contributed by atoms with Crippen LogP contribution in [0.2, 0.25) is 0 Å². The van der Waals surface area contributed by atoms with Crippen molar-refractivity contribution in [3.8, 4) is 11.5 Å². The van der Waals surface area contributed by atoms with Crippen LogP contribution in [-0.4, -0.2) is 73.5 Å². The van der Waals surface area contributed by atoms with Crippen molar-refractivity contribution in [3.05, 3.63) is 23.8 Å². The van der Waals surface area contributed by atoms with E-state index in [1.807, 2.05) is 30.0 Å². The lowest BCUT2D eigenvalue weighted by atomic mass is 10.0. The molecule has 1 aromatic rings. The number of carbonyl (C=O) groups is 1. The lowest BCUT2D eigenvalue weighted by Gasteiger charge is -2.38. The normalized spacial score (nSPS) is 20.1. The van der Waals surface area contributed by atoms with Gasteiger partial charge in [0.15, 0.2) is 5.11 Å². The van der Waals surface area contributed by atoms with Gasteiger partial charge in [0.25, 0.3) is 0 Å². The number of amides is 1. The van der Waals surface area contributed by atoms with Crippen molar-refractivity contribution in [1.82, 2.24) is 15.1 Å². The largest absolute Gasteiger partial charge is 0.497 e. The maximum absolute atomic E-state index is 11.9. The van der Waals surface area contributed by atoms with Gasteiger partial charge in [-0.1, -0.05) is 0 Å². The van der Waals surface area contributed by atoms with E-state index in [4.69, 9.17) is 26.4 Å². The first-order valence-corrected chi connectivity index (χ1v) is 10.1. The molecule has 0 spiro atoms. The first-order valence-electron chi connectivity index (χ1n) is 9.72. The highest BCUT2D eigenvalue weighted by Crippen LogP contribution is 2.25. The highest BCUT2D eigenvalue weighted by molar-refractivity contribution is 7.80. The Morgan fingerprint density at radius 1 is 1.29 bits per heavy atom. The summed E-state index contributed by atoms with van der Waals surface area (Å²) in [7, 11) is 3.33. The van der Waals surface area contributed by atoms with E-state index < -0.39 is 0 Å². The first-order chi connectivity index (χ1) is 13.5. The van der Waals surface area contributed by atoms with Crippen LogP contribution in [0.1, 0.15) is 25.3 Å². The fourth-order valence-corrected chi connectivity index (χ4v) is 4.16.